The molecule has 0 fully saturated rings. The van der Waals surface area contributed by atoms with Crippen LogP contribution in [0.4, 0.5) is 5.69 Å². The van der Waals surface area contributed by atoms with E-state index in [2.05, 4.69) is 16.2 Å². The molecule has 0 saturated heterocycles. The van der Waals surface area contributed by atoms with Crippen LogP contribution in [0.3, 0.4) is 0 Å². The summed E-state index contributed by atoms with van der Waals surface area (Å²) < 4.78 is 5.26. The zero-order valence-corrected chi connectivity index (χ0v) is 12.5. The predicted octanol–water partition coefficient (Wildman–Crippen LogP) is 3.98. The van der Waals surface area contributed by atoms with Gasteiger partial charge in [-0.05, 0) is 36.1 Å². The first kappa shape index (κ1) is 13.2. The van der Waals surface area contributed by atoms with Crippen LogP contribution in [0.2, 0.25) is 0 Å². The molecule has 0 aliphatic heterocycles. The summed E-state index contributed by atoms with van der Waals surface area (Å²) in [7, 11) is 0. The molecule has 1 aromatic carbocycles. The molecule has 0 unspecified atom stereocenters. The molecule has 2 N–H and O–H groups in total. The van der Waals surface area contributed by atoms with E-state index < -0.39 is 0 Å². The van der Waals surface area contributed by atoms with E-state index in [1.165, 1.54) is 0 Å². The Labute approximate surface area is 125 Å². The van der Waals surface area contributed by atoms with Crippen LogP contribution < -0.4 is 5.73 Å². The van der Waals surface area contributed by atoms with E-state index in [0.717, 1.165) is 21.7 Å². The van der Waals surface area contributed by atoms with E-state index in [4.69, 9.17) is 10.3 Å². The second-order valence-electron chi connectivity index (χ2n) is 4.29. The topological polar surface area (TPSA) is 64.9 Å². The van der Waals surface area contributed by atoms with Crippen LogP contribution in [-0.4, -0.2) is 10.1 Å². The van der Waals surface area contributed by atoms with Crippen molar-refractivity contribution in [1.82, 2.24) is 10.1 Å². The molecule has 102 valence electrons. The molecule has 0 bridgehead atoms. The molecule has 2 heterocycles. The van der Waals surface area contributed by atoms with E-state index in [1.54, 1.807) is 23.1 Å². The molecule has 4 nitrogen and oxygen atoms in total. The molecule has 0 radical (unpaired) electrons. The Bertz CT molecular complexity index is 707. The van der Waals surface area contributed by atoms with Gasteiger partial charge in [0, 0.05) is 16.0 Å². The van der Waals surface area contributed by atoms with Gasteiger partial charge in [0.2, 0.25) is 0 Å². The van der Waals surface area contributed by atoms with Gasteiger partial charge in [0.05, 0.1) is 11.3 Å². The highest BCUT2D eigenvalue weighted by atomic mass is 32.2. The van der Waals surface area contributed by atoms with Crippen LogP contribution in [0.15, 0.2) is 44.4 Å². The van der Waals surface area contributed by atoms with Crippen molar-refractivity contribution in [3.05, 3.63) is 46.4 Å². The molecule has 6 heteroatoms. The molecule has 0 spiro atoms. The fourth-order valence-electron chi connectivity index (χ4n) is 1.75. The van der Waals surface area contributed by atoms with Gasteiger partial charge in [-0.3, -0.25) is 0 Å². The molecular weight excluding hydrogens is 290 g/mol. The number of thiophene rings is 1. The molecule has 0 atom stereocenters. The fourth-order valence-corrected chi connectivity index (χ4v) is 3.29. The third kappa shape index (κ3) is 2.71. The number of aromatic nitrogens is 2. The lowest BCUT2D eigenvalue weighted by Gasteiger charge is -2.05. The summed E-state index contributed by atoms with van der Waals surface area (Å²) in [6.45, 7) is 2.02. The number of benzene rings is 1. The monoisotopic (exact) mass is 303 g/mol. The van der Waals surface area contributed by atoms with Gasteiger partial charge in [-0.15, -0.1) is 11.8 Å². The lowest BCUT2D eigenvalue weighted by atomic mass is 10.2. The summed E-state index contributed by atoms with van der Waals surface area (Å²) >= 11 is 3.27. The van der Waals surface area contributed by atoms with E-state index in [0.29, 0.717) is 17.5 Å². The Morgan fingerprint density at radius 3 is 3.05 bits per heavy atom. The molecule has 0 amide bonds. The minimum Gasteiger partial charge on any atom is -0.398 e. The Hall–Kier alpha value is -1.79. The summed E-state index contributed by atoms with van der Waals surface area (Å²) in [6, 6.07) is 7.88. The number of hydrogen-bond acceptors (Lipinski definition) is 6. The van der Waals surface area contributed by atoms with E-state index in [9.17, 15) is 0 Å². The largest absolute Gasteiger partial charge is 0.398 e. The normalized spacial score (nSPS) is 10.8. The van der Waals surface area contributed by atoms with Crippen molar-refractivity contribution < 1.29 is 4.52 Å². The molecule has 2 aromatic heterocycles. The number of rotatable bonds is 4. The molecule has 0 saturated carbocycles. The van der Waals surface area contributed by atoms with Crippen molar-refractivity contribution in [2.45, 2.75) is 17.6 Å². The van der Waals surface area contributed by atoms with Crippen LogP contribution in [0, 0.1) is 6.92 Å². The second-order valence-corrected chi connectivity index (χ2v) is 6.08. The zero-order chi connectivity index (χ0) is 13.9. The zero-order valence-electron chi connectivity index (χ0n) is 10.9. The SMILES string of the molecule is Cc1c(N)cccc1SCc1noc(-c2ccsc2)n1. The maximum Gasteiger partial charge on any atom is 0.258 e. The first-order chi connectivity index (χ1) is 9.74. The Morgan fingerprint density at radius 2 is 2.25 bits per heavy atom. The highest BCUT2D eigenvalue weighted by Gasteiger charge is 2.10. The van der Waals surface area contributed by atoms with E-state index in [1.807, 2.05) is 35.9 Å². The van der Waals surface area contributed by atoms with Crippen molar-refractivity contribution in [3.63, 3.8) is 0 Å². The van der Waals surface area contributed by atoms with Crippen molar-refractivity contribution in [2.75, 3.05) is 5.73 Å². The van der Waals surface area contributed by atoms with Crippen molar-refractivity contribution in [1.29, 1.82) is 0 Å². The van der Waals surface area contributed by atoms with Gasteiger partial charge in [0.15, 0.2) is 5.82 Å². The molecular formula is C14H13N3OS2. The minimum absolute atomic E-state index is 0.575. The minimum atomic E-state index is 0.575. The highest BCUT2D eigenvalue weighted by Crippen LogP contribution is 2.29. The number of anilines is 1. The lowest BCUT2D eigenvalue weighted by Crippen LogP contribution is -1.91. The van der Waals surface area contributed by atoms with Crippen LogP contribution in [-0.2, 0) is 5.75 Å². The Balaban J connectivity index is 1.71. The maximum absolute atomic E-state index is 5.90. The van der Waals surface area contributed by atoms with Gasteiger partial charge in [-0.1, -0.05) is 11.2 Å². The maximum atomic E-state index is 5.90. The second kappa shape index (κ2) is 5.68. The Morgan fingerprint density at radius 1 is 1.35 bits per heavy atom. The van der Waals surface area contributed by atoms with Gasteiger partial charge in [0.25, 0.3) is 5.89 Å². The third-order valence-electron chi connectivity index (χ3n) is 2.92. The van der Waals surface area contributed by atoms with Crippen molar-refractivity contribution >= 4 is 28.8 Å². The third-order valence-corrected chi connectivity index (χ3v) is 4.76. The van der Waals surface area contributed by atoms with Crippen LogP contribution in [0.25, 0.3) is 11.5 Å². The molecule has 3 aromatic rings. The highest BCUT2D eigenvalue weighted by molar-refractivity contribution is 7.98. The first-order valence-electron chi connectivity index (χ1n) is 6.07. The van der Waals surface area contributed by atoms with E-state index in [-0.39, 0.29) is 0 Å². The number of hydrogen-bond donors (Lipinski definition) is 1. The number of nitrogens with two attached hydrogens (primary N) is 1. The number of thioether (sulfide) groups is 1. The number of nitrogens with zero attached hydrogens (tertiary/aromatic N) is 2. The van der Waals surface area contributed by atoms with Crippen molar-refractivity contribution in [3.8, 4) is 11.5 Å². The molecule has 0 aliphatic carbocycles. The van der Waals surface area contributed by atoms with Gasteiger partial charge in [0.1, 0.15) is 0 Å². The first-order valence-corrected chi connectivity index (χ1v) is 8.00. The summed E-state index contributed by atoms with van der Waals surface area (Å²) in [5, 5.41) is 7.99. The smallest absolute Gasteiger partial charge is 0.258 e. The average molecular weight is 303 g/mol. The summed E-state index contributed by atoms with van der Waals surface area (Å²) in [5.41, 5.74) is 8.77. The van der Waals surface area contributed by atoms with Gasteiger partial charge < -0.3 is 10.3 Å². The van der Waals surface area contributed by atoms with Crippen LogP contribution >= 0.6 is 23.1 Å². The molecule has 3 rings (SSSR count). The lowest BCUT2D eigenvalue weighted by molar-refractivity contribution is 0.425. The average Bonchev–Trinajstić information content (AvgIpc) is 3.10. The van der Waals surface area contributed by atoms with Gasteiger partial charge >= 0.3 is 0 Å². The number of nitrogen functional groups attached to an aromatic ring is 1. The van der Waals surface area contributed by atoms with Gasteiger partial charge in [-0.2, -0.15) is 16.3 Å². The predicted molar refractivity (Wildman–Crippen MR) is 82.8 cm³/mol. The Kier molecular flexibility index (Phi) is 3.75. The summed E-state index contributed by atoms with van der Waals surface area (Å²) in [6.07, 6.45) is 0. The molecule has 0 aliphatic rings. The molecule has 20 heavy (non-hydrogen) atoms. The van der Waals surface area contributed by atoms with Gasteiger partial charge in [-0.25, -0.2) is 0 Å². The van der Waals surface area contributed by atoms with Crippen LogP contribution in [0.5, 0.6) is 0 Å². The fraction of sp³-hybridized carbons (Fsp3) is 0.143. The summed E-state index contributed by atoms with van der Waals surface area (Å²) in [4.78, 5) is 5.54. The quantitative estimate of drug-likeness (QED) is 0.583. The van der Waals surface area contributed by atoms with Crippen LogP contribution in [0.1, 0.15) is 11.4 Å². The summed E-state index contributed by atoms with van der Waals surface area (Å²) in [5.74, 6) is 1.93. The van der Waals surface area contributed by atoms with E-state index >= 15 is 0 Å². The van der Waals surface area contributed by atoms with Crippen molar-refractivity contribution in [2.24, 2.45) is 0 Å². The standard InChI is InChI=1S/C14H13N3OS2/c1-9-11(15)3-2-4-12(9)20-8-13-16-14(18-17-13)10-5-6-19-7-10/h2-7H,8,15H2,1H3.